The molecule has 0 aromatic heterocycles. The van der Waals surface area contributed by atoms with Crippen LogP contribution in [0.2, 0.25) is 0 Å². The van der Waals surface area contributed by atoms with Crippen molar-refractivity contribution in [1.29, 1.82) is 0 Å². The minimum Gasteiger partial charge on any atom is -0.507 e. The number of hydrogen-bond donors (Lipinski definition) is 1. The van der Waals surface area contributed by atoms with Crippen LogP contribution >= 0.6 is 0 Å². The van der Waals surface area contributed by atoms with Crippen LogP contribution in [0.15, 0.2) is 42.5 Å². The summed E-state index contributed by atoms with van der Waals surface area (Å²) in [7, 11) is 3.20. The molecule has 0 fully saturated rings. The van der Waals surface area contributed by atoms with Crippen LogP contribution in [0.5, 0.6) is 23.0 Å². The molecule has 2 aromatic rings. The highest BCUT2D eigenvalue weighted by molar-refractivity contribution is 5.87. The summed E-state index contributed by atoms with van der Waals surface area (Å²) in [6, 6.07) is 11.0. The second kappa shape index (κ2) is 5.64. The van der Waals surface area contributed by atoms with Gasteiger partial charge >= 0.3 is 0 Å². The van der Waals surface area contributed by atoms with Gasteiger partial charge < -0.3 is 19.3 Å². The zero-order valence-electron chi connectivity index (χ0n) is 12.8. The quantitative estimate of drug-likeness (QED) is 0.940. The van der Waals surface area contributed by atoms with Gasteiger partial charge in [0.1, 0.15) is 29.1 Å². The molecule has 0 radical (unpaired) electrons. The standard InChI is InChI=1S/C18H18O4/c1-11-8-16(14-6-4-12(20-2)9-17(14)19)15-7-5-13(21-3)10-18(15)22-11/h4-11,19H,1-3H3. The van der Waals surface area contributed by atoms with E-state index in [1.54, 1.807) is 20.3 Å². The van der Waals surface area contributed by atoms with Gasteiger partial charge in [0.15, 0.2) is 0 Å². The van der Waals surface area contributed by atoms with Crippen molar-refractivity contribution in [3.05, 3.63) is 53.6 Å². The molecule has 1 aliphatic heterocycles. The Hall–Kier alpha value is -2.62. The number of hydrogen-bond acceptors (Lipinski definition) is 4. The van der Waals surface area contributed by atoms with Gasteiger partial charge in [0.05, 0.1) is 14.2 Å². The molecule has 1 aliphatic rings. The van der Waals surface area contributed by atoms with E-state index in [0.717, 1.165) is 28.2 Å². The van der Waals surface area contributed by atoms with Gasteiger partial charge in [-0.1, -0.05) is 0 Å². The molecule has 0 bridgehead atoms. The lowest BCUT2D eigenvalue weighted by molar-refractivity contribution is 0.263. The second-order valence-corrected chi connectivity index (χ2v) is 5.15. The first kappa shape index (κ1) is 14.3. The molecule has 0 saturated carbocycles. The van der Waals surface area contributed by atoms with Gasteiger partial charge in [-0.25, -0.2) is 0 Å². The molecule has 1 N–H and O–H groups in total. The number of phenols is 1. The first-order valence-corrected chi connectivity index (χ1v) is 7.06. The molecule has 0 saturated heterocycles. The van der Waals surface area contributed by atoms with Crippen LogP contribution in [0.25, 0.3) is 5.57 Å². The van der Waals surface area contributed by atoms with Crippen LogP contribution in [0, 0.1) is 0 Å². The summed E-state index contributed by atoms with van der Waals surface area (Å²) in [4.78, 5) is 0. The van der Waals surface area contributed by atoms with Crippen molar-refractivity contribution in [2.75, 3.05) is 14.2 Å². The number of phenolic OH excluding ortho intramolecular Hbond substituents is 1. The van der Waals surface area contributed by atoms with E-state index in [4.69, 9.17) is 14.2 Å². The number of aromatic hydroxyl groups is 1. The van der Waals surface area contributed by atoms with E-state index >= 15 is 0 Å². The van der Waals surface area contributed by atoms with Gasteiger partial charge in [-0.05, 0) is 42.8 Å². The highest BCUT2D eigenvalue weighted by Crippen LogP contribution is 2.41. The maximum Gasteiger partial charge on any atom is 0.131 e. The monoisotopic (exact) mass is 298 g/mol. The molecule has 1 heterocycles. The molecular formula is C18H18O4. The normalized spacial score (nSPS) is 16.3. The van der Waals surface area contributed by atoms with Crippen LogP contribution in [0.3, 0.4) is 0 Å². The molecular weight excluding hydrogens is 280 g/mol. The molecule has 1 atom stereocenters. The van der Waals surface area contributed by atoms with Gasteiger partial charge in [0.2, 0.25) is 0 Å². The van der Waals surface area contributed by atoms with Gasteiger partial charge in [-0.15, -0.1) is 0 Å². The first-order chi connectivity index (χ1) is 10.6. The summed E-state index contributed by atoms with van der Waals surface area (Å²) < 4.78 is 16.2. The van der Waals surface area contributed by atoms with E-state index < -0.39 is 0 Å². The molecule has 22 heavy (non-hydrogen) atoms. The maximum absolute atomic E-state index is 10.3. The van der Waals surface area contributed by atoms with Crippen LogP contribution in [0.1, 0.15) is 18.1 Å². The van der Waals surface area contributed by atoms with Crippen molar-refractivity contribution in [2.24, 2.45) is 0 Å². The average Bonchev–Trinajstić information content (AvgIpc) is 2.53. The highest BCUT2D eigenvalue weighted by atomic mass is 16.5. The number of methoxy groups -OCH3 is 2. The Balaban J connectivity index is 2.11. The molecule has 0 spiro atoms. The topological polar surface area (TPSA) is 47.9 Å². The molecule has 0 amide bonds. The van der Waals surface area contributed by atoms with Crippen LogP contribution < -0.4 is 14.2 Å². The number of benzene rings is 2. The van der Waals surface area contributed by atoms with Crippen molar-refractivity contribution in [3.63, 3.8) is 0 Å². The van der Waals surface area contributed by atoms with E-state index in [9.17, 15) is 5.11 Å². The Kier molecular flexibility index (Phi) is 3.67. The molecule has 0 aliphatic carbocycles. The molecule has 1 unspecified atom stereocenters. The highest BCUT2D eigenvalue weighted by Gasteiger charge is 2.22. The summed E-state index contributed by atoms with van der Waals surface area (Å²) >= 11 is 0. The van der Waals surface area contributed by atoms with Crippen LogP contribution in [-0.4, -0.2) is 25.4 Å². The Morgan fingerprint density at radius 1 is 0.955 bits per heavy atom. The lowest BCUT2D eigenvalue weighted by Crippen LogP contribution is -2.15. The number of rotatable bonds is 3. The van der Waals surface area contributed by atoms with Gasteiger partial charge in [-0.2, -0.15) is 0 Å². The summed E-state index contributed by atoms with van der Waals surface area (Å²) in [6.45, 7) is 1.96. The lowest BCUT2D eigenvalue weighted by atomic mass is 9.93. The van der Waals surface area contributed by atoms with Crippen molar-refractivity contribution in [2.45, 2.75) is 13.0 Å². The summed E-state index contributed by atoms with van der Waals surface area (Å²) in [5.74, 6) is 2.30. The smallest absolute Gasteiger partial charge is 0.131 e. The number of fused-ring (bicyclic) bond motifs is 1. The SMILES string of the molecule is COc1ccc(C2=CC(C)Oc3cc(OC)ccc32)c(O)c1. The third-order valence-corrected chi connectivity index (χ3v) is 3.69. The van der Waals surface area contributed by atoms with Crippen molar-refractivity contribution in [3.8, 4) is 23.0 Å². The van der Waals surface area contributed by atoms with Crippen molar-refractivity contribution < 1.29 is 19.3 Å². The van der Waals surface area contributed by atoms with E-state index in [1.807, 2.05) is 43.3 Å². The van der Waals surface area contributed by atoms with Crippen LogP contribution in [-0.2, 0) is 0 Å². The molecule has 4 heteroatoms. The van der Waals surface area contributed by atoms with Crippen LogP contribution in [0.4, 0.5) is 0 Å². The first-order valence-electron chi connectivity index (χ1n) is 7.06. The lowest BCUT2D eigenvalue weighted by Gasteiger charge is -2.24. The molecule has 4 nitrogen and oxygen atoms in total. The van der Waals surface area contributed by atoms with E-state index in [0.29, 0.717) is 5.75 Å². The average molecular weight is 298 g/mol. The maximum atomic E-state index is 10.3. The van der Waals surface area contributed by atoms with Gasteiger partial charge in [0, 0.05) is 23.3 Å². The summed E-state index contributed by atoms with van der Waals surface area (Å²) in [5, 5.41) is 10.3. The Morgan fingerprint density at radius 3 is 2.23 bits per heavy atom. The Labute approximate surface area is 129 Å². The van der Waals surface area contributed by atoms with E-state index in [1.165, 1.54) is 0 Å². The van der Waals surface area contributed by atoms with Crippen molar-refractivity contribution >= 4 is 5.57 Å². The number of ether oxygens (including phenoxy) is 3. The third kappa shape index (κ3) is 2.48. The molecule has 3 rings (SSSR count). The zero-order chi connectivity index (χ0) is 15.7. The third-order valence-electron chi connectivity index (χ3n) is 3.69. The summed E-state index contributed by atoms with van der Waals surface area (Å²) in [6.07, 6.45) is 1.91. The molecule has 114 valence electrons. The van der Waals surface area contributed by atoms with E-state index in [-0.39, 0.29) is 11.9 Å². The second-order valence-electron chi connectivity index (χ2n) is 5.15. The molecule has 2 aromatic carbocycles. The fraction of sp³-hybridized carbons (Fsp3) is 0.222. The predicted molar refractivity (Wildman–Crippen MR) is 84.8 cm³/mol. The fourth-order valence-electron chi connectivity index (χ4n) is 2.61. The zero-order valence-corrected chi connectivity index (χ0v) is 12.8. The van der Waals surface area contributed by atoms with Gasteiger partial charge in [-0.3, -0.25) is 0 Å². The van der Waals surface area contributed by atoms with Crippen molar-refractivity contribution in [1.82, 2.24) is 0 Å². The Morgan fingerprint density at radius 2 is 1.59 bits per heavy atom. The summed E-state index contributed by atoms with van der Waals surface area (Å²) in [5.41, 5.74) is 2.62. The van der Waals surface area contributed by atoms with Gasteiger partial charge in [0.25, 0.3) is 0 Å². The van der Waals surface area contributed by atoms with E-state index in [2.05, 4.69) is 0 Å². The Bertz CT molecular complexity index is 734. The largest absolute Gasteiger partial charge is 0.507 e. The fourth-order valence-corrected chi connectivity index (χ4v) is 2.61. The minimum absolute atomic E-state index is 0.0869. The minimum atomic E-state index is -0.0869. The predicted octanol–water partition coefficient (Wildman–Crippen LogP) is 3.62.